The fourth-order valence-corrected chi connectivity index (χ4v) is 1.97. The standard InChI is InChI=1S/C16H10N4/c17-8-14-7-15(12-3-1-5-18-9-12)11-20-16(14)13-4-2-6-19-10-13/h1-7,9-11H. The summed E-state index contributed by atoms with van der Waals surface area (Å²) < 4.78 is 0. The third kappa shape index (κ3) is 2.25. The van der Waals surface area contributed by atoms with Gasteiger partial charge >= 0.3 is 0 Å². The van der Waals surface area contributed by atoms with Crippen molar-refractivity contribution in [2.45, 2.75) is 0 Å². The first-order valence-electron chi connectivity index (χ1n) is 6.09. The molecule has 94 valence electrons. The van der Waals surface area contributed by atoms with Gasteiger partial charge < -0.3 is 0 Å². The molecule has 0 aromatic carbocycles. The van der Waals surface area contributed by atoms with Crippen molar-refractivity contribution >= 4 is 0 Å². The molecule has 0 N–H and O–H groups in total. The molecule has 0 aliphatic rings. The van der Waals surface area contributed by atoms with Crippen LogP contribution in [0.25, 0.3) is 22.4 Å². The molecule has 0 spiro atoms. The van der Waals surface area contributed by atoms with Crippen molar-refractivity contribution in [3.05, 3.63) is 66.9 Å². The fraction of sp³-hybridized carbons (Fsp3) is 0. The second-order valence-corrected chi connectivity index (χ2v) is 4.22. The van der Waals surface area contributed by atoms with Gasteiger partial charge in [0, 0.05) is 47.7 Å². The zero-order valence-electron chi connectivity index (χ0n) is 10.6. The second-order valence-electron chi connectivity index (χ2n) is 4.22. The van der Waals surface area contributed by atoms with E-state index in [0.29, 0.717) is 11.3 Å². The maximum atomic E-state index is 9.33. The molecular formula is C16H10N4. The Balaban J connectivity index is 2.11. The van der Waals surface area contributed by atoms with Crippen LogP contribution in [0.4, 0.5) is 0 Å². The second kappa shape index (κ2) is 5.29. The van der Waals surface area contributed by atoms with Gasteiger partial charge in [-0.25, -0.2) is 0 Å². The predicted octanol–water partition coefficient (Wildman–Crippen LogP) is 3.08. The van der Waals surface area contributed by atoms with Crippen molar-refractivity contribution in [2.24, 2.45) is 0 Å². The van der Waals surface area contributed by atoms with Gasteiger partial charge in [-0.05, 0) is 24.3 Å². The third-order valence-corrected chi connectivity index (χ3v) is 2.94. The van der Waals surface area contributed by atoms with Crippen LogP contribution < -0.4 is 0 Å². The van der Waals surface area contributed by atoms with Crippen molar-refractivity contribution < 1.29 is 0 Å². The van der Waals surface area contributed by atoms with Crippen LogP contribution in [0.1, 0.15) is 5.56 Å². The Morgan fingerprint density at radius 2 is 1.55 bits per heavy atom. The predicted molar refractivity (Wildman–Crippen MR) is 75.4 cm³/mol. The molecule has 0 amide bonds. The average molecular weight is 258 g/mol. The van der Waals surface area contributed by atoms with Gasteiger partial charge in [-0.1, -0.05) is 6.07 Å². The van der Waals surface area contributed by atoms with E-state index in [1.807, 2.05) is 30.3 Å². The van der Waals surface area contributed by atoms with Crippen molar-refractivity contribution in [1.29, 1.82) is 5.26 Å². The summed E-state index contributed by atoms with van der Waals surface area (Å²) in [6.07, 6.45) is 8.61. The highest BCUT2D eigenvalue weighted by Crippen LogP contribution is 2.25. The molecule has 20 heavy (non-hydrogen) atoms. The van der Waals surface area contributed by atoms with E-state index in [0.717, 1.165) is 16.7 Å². The van der Waals surface area contributed by atoms with E-state index < -0.39 is 0 Å². The quantitative estimate of drug-likeness (QED) is 0.708. The molecule has 3 aromatic rings. The third-order valence-electron chi connectivity index (χ3n) is 2.94. The zero-order chi connectivity index (χ0) is 13.8. The molecule has 0 saturated heterocycles. The van der Waals surface area contributed by atoms with Crippen LogP contribution in [0.5, 0.6) is 0 Å². The SMILES string of the molecule is N#Cc1cc(-c2cccnc2)cnc1-c1cccnc1. The molecule has 0 aliphatic heterocycles. The highest BCUT2D eigenvalue weighted by Gasteiger charge is 2.09. The lowest BCUT2D eigenvalue weighted by molar-refractivity contribution is 1.26. The molecule has 4 nitrogen and oxygen atoms in total. The van der Waals surface area contributed by atoms with Crippen LogP contribution >= 0.6 is 0 Å². The summed E-state index contributed by atoms with van der Waals surface area (Å²) in [4.78, 5) is 12.5. The highest BCUT2D eigenvalue weighted by atomic mass is 14.7. The van der Waals surface area contributed by atoms with E-state index in [-0.39, 0.29) is 0 Å². The monoisotopic (exact) mass is 258 g/mol. The van der Waals surface area contributed by atoms with Crippen molar-refractivity contribution in [2.75, 3.05) is 0 Å². The van der Waals surface area contributed by atoms with Gasteiger partial charge in [0.05, 0.1) is 11.3 Å². The number of rotatable bonds is 2. The topological polar surface area (TPSA) is 62.5 Å². The van der Waals surface area contributed by atoms with Crippen molar-refractivity contribution in [1.82, 2.24) is 15.0 Å². The van der Waals surface area contributed by atoms with Gasteiger partial charge in [0.1, 0.15) is 6.07 Å². The molecule has 3 heterocycles. The van der Waals surface area contributed by atoms with Gasteiger partial charge in [-0.3, -0.25) is 15.0 Å². The summed E-state index contributed by atoms with van der Waals surface area (Å²) in [7, 11) is 0. The van der Waals surface area contributed by atoms with Crippen LogP contribution in [0.15, 0.2) is 61.3 Å². The van der Waals surface area contributed by atoms with E-state index >= 15 is 0 Å². The Morgan fingerprint density at radius 1 is 0.850 bits per heavy atom. The first-order valence-corrected chi connectivity index (χ1v) is 6.09. The molecule has 0 unspecified atom stereocenters. The minimum absolute atomic E-state index is 0.527. The largest absolute Gasteiger partial charge is 0.264 e. The van der Waals surface area contributed by atoms with Gasteiger partial charge in [-0.2, -0.15) is 5.26 Å². The summed E-state index contributed by atoms with van der Waals surface area (Å²) >= 11 is 0. The van der Waals surface area contributed by atoms with E-state index in [2.05, 4.69) is 21.0 Å². The summed E-state index contributed by atoms with van der Waals surface area (Å²) in [5.74, 6) is 0. The Labute approximate surface area is 116 Å². The normalized spacial score (nSPS) is 9.95. The van der Waals surface area contributed by atoms with Gasteiger partial charge in [0.15, 0.2) is 0 Å². The Bertz CT molecular complexity index is 761. The molecule has 0 atom stereocenters. The van der Waals surface area contributed by atoms with Crippen molar-refractivity contribution in [3.8, 4) is 28.5 Å². The summed E-state index contributed by atoms with van der Waals surface area (Å²) in [6.45, 7) is 0. The van der Waals surface area contributed by atoms with Crippen LogP contribution in [0.3, 0.4) is 0 Å². The first-order chi connectivity index (χ1) is 9.88. The maximum Gasteiger partial charge on any atom is 0.101 e. The first kappa shape index (κ1) is 12.0. The molecule has 0 aliphatic carbocycles. The minimum atomic E-state index is 0.527. The maximum absolute atomic E-state index is 9.33. The van der Waals surface area contributed by atoms with Crippen LogP contribution in [0, 0.1) is 11.3 Å². The molecular weight excluding hydrogens is 248 g/mol. The van der Waals surface area contributed by atoms with Gasteiger partial charge in [-0.15, -0.1) is 0 Å². The number of pyridine rings is 3. The Kier molecular flexibility index (Phi) is 3.17. The highest BCUT2D eigenvalue weighted by molar-refractivity contribution is 5.71. The molecule has 0 saturated carbocycles. The molecule has 0 bridgehead atoms. The zero-order valence-corrected chi connectivity index (χ0v) is 10.6. The van der Waals surface area contributed by atoms with E-state index in [9.17, 15) is 5.26 Å². The molecule has 3 aromatic heterocycles. The lowest BCUT2D eigenvalue weighted by Crippen LogP contribution is -1.91. The van der Waals surface area contributed by atoms with Gasteiger partial charge in [0.2, 0.25) is 0 Å². The smallest absolute Gasteiger partial charge is 0.101 e. The number of hydrogen-bond acceptors (Lipinski definition) is 4. The van der Waals surface area contributed by atoms with Crippen LogP contribution in [-0.2, 0) is 0 Å². The van der Waals surface area contributed by atoms with Crippen LogP contribution in [0.2, 0.25) is 0 Å². The van der Waals surface area contributed by atoms with E-state index in [1.54, 1.807) is 31.0 Å². The van der Waals surface area contributed by atoms with E-state index in [4.69, 9.17) is 0 Å². The summed E-state index contributed by atoms with van der Waals surface area (Å²) in [6, 6.07) is 11.5. The summed E-state index contributed by atoms with van der Waals surface area (Å²) in [5.41, 5.74) is 3.82. The van der Waals surface area contributed by atoms with Gasteiger partial charge in [0.25, 0.3) is 0 Å². The lowest BCUT2D eigenvalue weighted by Gasteiger charge is -2.06. The van der Waals surface area contributed by atoms with Crippen molar-refractivity contribution in [3.63, 3.8) is 0 Å². The molecule has 0 radical (unpaired) electrons. The van der Waals surface area contributed by atoms with E-state index in [1.165, 1.54) is 0 Å². The lowest BCUT2D eigenvalue weighted by atomic mass is 10.0. The summed E-state index contributed by atoms with van der Waals surface area (Å²) in [5, 5.41) is 9.33. The number of hydrogen-bond donors (Lipinski definition) is 0. The fourth-order valence-electron chi connectivity index (χ4n) is 1.97. The number of nitriles is 1. The Morgan fingerprint density at radius 3 is 2.15 bits per heavy atom. The number of nitrogens with zero attached hydrogens (tertiary/aromatic N) is 4. The molecule has 4 heteroatoms. The minimum Gasteiger partial charge on any atom is -0.264 e. The average Bonchev–Trinajstić information content (AvgIpc) is 2.56. The number of aromatic nitrogens is 3. The molecule has 3 rings (SSSR count). The molecule has 0 fully saturated rings. The Hall–Kier alpha value is -3.06. The van der Waals surface area contributed by atoms with Crippen LogP contribution in [-0.4, -0.2) is 15.0 Å².